The molecule has 0 fully saturated rings. The number of sulfonamides is 2. The van der Waals surface area contributed by atoms with E-state index in [0.717, 1.165) is 9.87 Å². The highest BCUT2D eigenvalue weighted by molar-refractivity contribution is 7.89. The summed E-state index contributed by atoms with van der Waals surface area (Å²) in [5, 5.41) is 2.63. The lowest BCUT2D eigenvalue weighted by atomic mass is 10.2. The van der Waals surface area contributed by atoms with Gasteiger partial charge in [0.1, 0.15) is 5.75 Å². The third-order valence-electron chi connectivity index (χ3n) is 4.35. The van der Waals surface area contributed by atoms with E-state index in [0.29, 0.717) is 12.4 Å². The summed E-state index contributed by atoms with van der Waals surface area (Å²) in [5.41, 5.74) is 0.933. The fraction of sp³-hybridized carbons (Fsp3) is 0.350. The topological polar surface area (TPSA) is 122 Å². The fourth-order valence-electron chi connectivity index (χ4n) is 2.63. The van der Waals surface area contributed by atoms with Gasteiger partial charge >= 0.3 is 0 Å². The number of halogens is 1. The van der Waals surface area contributed by atoms with Crippen molar-refractivity contribution in [1.82, 2.24) is 14.3 Å². The molecule has 0 saturated carbocycles. The molecule has 2 N–H and O–H groups in total. The highest BCUT2D eigenvalue weighted by Crippen LogP contribution is 2.28. The molecule has 0 aliphatic carbocycles. The second kappa shape index (κ2) is 11.1. The summed E-state index contributed by atoms with van der Waals surface area (Å²) in [6.07, 6.45) is 0. The molecule has 2 aromatic carbocycles. The zero-order valence-electron chi connectivity index (χ0n) is 18.0. The second-order valence-corrected chi connectivity index (χ2v) is 11.1. The van der Waals surface area contributed by atoms with Crippen LogP contribution in [0.2, 0.25) is 5.02 Å². The van der Waals surface area contributed by atoms with E-state index in [1.807, 2.05) is 6.92 Å². The van der Waals surface area contributed by atoms with Crippen LogP contribution in [0.25, 0.3) is 0 Å². The van der Waals surface area contributed by atoms with E-state index in [1.165, 1.54) is 37.4 Å². The quantitative estimate of drug-likeness (QED) is 0.450. The largest absolute Gasteiger partial charge is 0.492 e. The second-order valence-electron chi connectivity index (χ2n) is 6.85. The number of aryl methyl sites for hydroxylation is 1. The Morgan fingerprint density at radius 1 is 1.03 bits per heavy atom. The lowest BCUT2D eigenvalue weighted by Crippen LogP contribution is -2.41. The first-order valence-electron chi connectivity index (χ1n) is 9.69. The molecule has 0 unspecified atom stereocenters. The zero-order valence-corrected chi connectivity index (χ0v) is 20.3. The Bertz CT molecular complexity index is 1150. The number of carbonyl (C=O) groups is 1. The van der Waals surface area contributed by atoms with E-state index in [4.69, 9.17) is 16.3 Å². The average Bonchev–Trinajstić information content (AvgIpc) is 2.73. The third kappa shape index (κ3) is 6.91. The number of carbonyl (C=O) groups excluding carboxylic acids is 1. The number of hydrogen-bond donors (Lipinski definition) is 2. The van der Waals surface area contributed by atoms with Gasteiger partial charge < -0.3 is 10.1 Å². The maximum atomic E-state index is 12.7. The fourth-order valence-corrected chi connectivity index (χ4v) is 5.11. The Hall–Kier alpha value is -2.18. The zero-order chi connectivity index (χ0) is 23.9. The van der Waals surface area contributed by atoms with Crippen molar-refractivity contribution in [2.45, 2.75) is 23.6 Å². The number of hydrogen-bond acceptors (Lipinski definition) is 6. The average molecular weight is 504 g/mol. The first-order valence-corrected chi connectivity index (χ1v) is 13.0. The molecular formula is C20H26ClN3O6S2. The number of likely N-dealkylation sites (N-methyl/N-ethyl adjacent to an activating group) is 1. The van der Waals surface area contributed by atoms with Crippen LogP contribution >= 0.6 is 11.6 Å². The van der Waals surface area contributed by atoms with E-state index in [2.05, 4.69) is 10.0 Å². The minimum Gasteiger partial charge on any atom is -0.492 e. The van der Waals surface area contributed by atoms with Crippen LogP contribution in [0.15, 0.2) is 52.3 Å². The molecule has 176 valence electrons. The van der Waals surface area contributed by atoms with Crippen molar-refractivity contribution >= 4 is 37.6 Å². The van der Waals surface area contributed by atoms with E-state index in [9.17, 15) is 21.6 Å². The standard InChI is InChI=1S/C20H26ClN3O6S2/c1-4-30-19-10-9-17(13-18(19)21)32(28,29)24(3)14-20(25)22-11-12-23-31(26,27)16-7-5-15(2)6-8-16/h5-10,13,23H,4,11-12,14H2,1-3H3,(H,22,25). The molecular weight excluding hydrogens is 478 g/mol. The molecule has 1 amide bonds. The van der Waals surface area contributed by atoms with Gasteiger partial charge in [0, 0.05) is 20.1 Å². The molecule has 12 heteroatoms. The molecule has 0 saturated heterocycles. The maximum absolute atomic E-state index is 12.7. The van der Waals surface area contributed by atoms with Crippen LogP contribution < -0.4 is 14.8 Å². The lowest BCUT2D eigenvalue weighted by molar-refractivity contribution is -0.121. The van der Waals surface area contributed by atoms with Gasteiger partial charge in [0.15, 0.2) is 0 Å². The Balaban J connectivity index is 1.88. The highest BCUT2D eigenvalue weighted by atomic mass is 35.5. The Morgan fingerprint density at radius 3 is 2.25 bits per heavy atom. The van der Waals surface area contributed by atoms with E-state index in [1.54, 1.807) is 19.1 Å². The van der Waals surface area contributed by atoms with Crippen molar-refractivity contribution < 1.29 is 26.4 Å². The monoisotopic (exact) mass is 503 g/mol. The van der Waals surface area contributed by atoms with Crippen LogP contribution in [0.4, 0.5) is 0 Å². The lowest BCUT2D eigenvalue weighted by Gasteiger charge is -2.17. The van der Waals surface area contributed by atoms with Gasteiger partial charge in [-0.3, -0.25) is 4.79 Å². The van der Waals surface area contributed by atoms with Crippen LogP contribution in [0.3, 0.4) is 0 Å². The molecule has 0 spiro atoms. The number of nitrogens with one attached hydrogen (secondary N) is 2. The molecule has 0 aromatic heterocycles. The molecule has 0 atom stereocenters. The van der Waals surface area contributed by atoms with Crippen molar-refractivity contribution in [3.05, 3.63) is 53.1 Å². The van der Waals surface area contributed by atoms with Gasteiger partial charge in [-0.15, -0.1) is 0 Å². The minimum atomic E-state index is -3.96. The van der Waals surface area contributed by atoms with Gasteiger partial charge in [0.25, 0.3) is 0 Å². The van der Waals surface area contributed by atoms with Crippen LogP contribution in [-0.4, -0.2) is 60.3 Å². The summed E-state index contributed by atoms with van der Waals surface area (Å²) in [6.45, 7) is 3.51. The highest BCUT2D eigenvalue weighted by Gasteiger charge is 2.24. The van der Waals surface area contributed by atoms with Crippen LogP contribution in [0.5, 0.6) is 5.75 Å². The van der Waals surface area contributed by atoms with Gasteiger partial charge in [-0.25, -0.2) is 21.6 Å². The van der Waals surface area contributed by atoms with Gasteiger partial charge in [-0.1, -0.05) is 29.3 Å². The predicted molar refractivity (Wildman–Crippen MR) is 122 cm³/mol. The summed E-state index contributed by atoms with van der Waals surface area (Å²) >= 11 is 6.05. The number of amides is 1. The number of rotatable bonds is 11. The van der Waals surface area contributed by atoms with Crippen molar-refractivity contribution in [1.29, 1.82) is 0 Å². The number of nitrogens with zero attached hydrogens (tertiary/aromatic N) is 1. The Kier molecular flexibility index (Phi) is 9.05. The molecule has 0 heterocycles. The molecule has 9 nitrogen and oxygen atoms in total. The summed E-state index contributed by atoms with van der Waals surface area (Å²) < 4.78 is 58.4. The normalized spacial score (nSPS) is 12.0. The molecule has 32 heavy (non-hydrogen) atoms. The summed E-state index contributed by atoms with van der Waals surface area (Å²) in [5.74, 6) is -0.218. The van der Waals surface area contributed by atoms with E-state index >= 15 is 0 Å². The van der Waals surface area contributed by atoms with Gasteiger partial charge in [0.05, 0.1) is 28.0 Å². The third-order valence-corrected chi connectivity index (χ3v) is 7.92. The molecule has 2 rings (SSSR count). The van der Waals surface area contributed by atoms with Crippen molar-refractivity contribution in [3.8, 4) is 5.75 Å². The summed E-state index contributed by atoms with van der Waals surface area (Å²) in [6, 6.07) is 10.4. The number of benzene rings is 2. The number of ether oxygens (including phenoxy) is 1. The molecule has 0 aliphatic rings. The summed E-state index contributed by atoms with van der Waals surface area (Å²) in [7, 11) is -6.40. The van der Waals surface area contributed by atoms with Crippen LogP contribution in [0.1, 0.15) is 12.5 Å². The Labute approximate surface area is 193 Å². The molecule has 2 aromatic rings. The predicted octanol–water partition coefficient (Wildman–Crippen LogP) is 1.76. The van der Waals surface area contributed by atoms with Crippen molar-refractivity contribution in [2.75, 3.05) is 33.3 Å². The molecule has 0 aliphatic heterocycles. The minimum absolute atomic E-state index is 0.00725. The van der Waals surface area contributed by atoms with E-state index < -0.39 is 32.5 Å². The van der Waals surface area contributed by atoms with Crippen molar-refractivity contribution in [3.63, 3.8) is 0 Å². The first kappa shape index (κ1) is 26.1. The first-order chi connectivity index (χ1) is 15.0. The maximum Gasteiger partial charge on any atom is 0.243 e. The van der Waals surface area contributed by atoms with Crippen LogP contribution in [-0.2, 0) is 24.8 Å². The van der Waals surface area contributed by atoms with Crippen LogP contribution in [0, 0.1) is 6.92 Å². The summed E-state index contributed by atoms with van der Waals surface area (Å²) in [4.78, 5) is 12.2. The SMILES string of the molecule is CCOc1ccc(S(=O)(=O)N(C)CC(=O)NCCNS(=O)(=O)c2ccc(C)cc2)cc1Cl. The van der Waals surface area contributed by atoms with Gasteiger partial charge in [-0.05, 0) is 44.2 Å². The smallest absolute Gasteiger partial charge is 0.243 e. The van der Waals surface area contributed by atoms with E-state index in [-0.39, 0.29) is 27.9 Å². The van der Waals surface area contributed by atoms with Gasteiger partial charge in [0.2, 0.25) is 26.0 Å². The van der Waals surface area contributed by atoms with Gasteiger partial charge in [-0.2, -0.15) is 4.31 Å². The molecule has 0 radical (unpaired) electrons. The van der Waals surface area contributed by atoms with Crippen molar-refractivity contribution in [2.24, 2.45) is 0 Å². The molecule has 0 bridgehead atoms. The Morgan fingerprint density at radius 2 is 1.66 bits per heavy atom.